The molecule has 0 N–H and O–H groups in total. The van der Waals surface area contributed by atoms with Gasteiger partial charge in [0.1, 0.15) is 11.6 Å². The van der Waals surface area contributed by atoms with Crippen LogP contribution in [0.2, 0.25) is 0 Å². The number of likely N-dealkylation sites (tertiary alicyclic amines) is 1. The number of aromatic nitrogens is 2. The number of aryl methyl sites for hydroxylation is 1. The van der Waals surface area contributed by atoms with E-state index in [0.717, 1.165) is 56.1 Å². The zero-order chi connectivity index (χ0) is 22.7. The Balaban J connectivity index is 1.42. The summed E-state index contributed by atoms with van der Waals surface area (Å²) in [4.78, 5) is 27.6. The molecule has 6 nitrogen and oxygen atoms in total. The summed E-state index contributed by atoms with van der Waals surface area (Å²) >= 11 is 0. The van der Waals surface area contributed by atoms with Gasteiger partial charge in [0.25, 0.3) is 5.91 Å². The summed E-state index contributed by atoms with van der Waals surface area (Å²) in [7, 11) is 3.46. The van der Waals surface area contributed by atoms with Crippen LogP contribution in [0.1, 0.15) is 65.5 Å². The van der Waals surface area contributed by atoms with Gasteiger partial charge in [-0.05, 0) is 57.7 Å². The summed E-state index contributed by atoms with van der Waals surface area (Å²) in [6.45, 7) is 6.24. The molecular weight excluding hydrogens is 405 g/mol. The molecule has 3 heterocycles. The monoisotopic (exact) mass is 439 g/mol. The molecule has 1 aromatic carbocycles. The van der Waals surface area contributed by atoms with Crippen LogP contribution < -0.4 is 4.90 Å². The van der Waals surface area contributed by atoms with Crippen molar-refractivity contribution in [3.05, 3.63) is 52.9 Å². The van der Waals surface area contributed by atoms with Gasteiger partial charge in [0.05, 0.1) is 11.3 Å². The van der Waals surface area contributed by atoms with E-state index >= 15 is 0 Å². The number of carbonyl (C=O) groups is 1. The van der Waals surface area contributed by atoms with E-state index in [1.165, 1.54) is 19.3 Å². The van der Waals surface area contributed by atoms with Gasteiger partial charge in [0.2, 0.25) is 0 Å². The third-order valence-corrected chi connectivity index (χ3v) is 6.66. The zero-order valence-corrected chi connectivity index (χ0v) is 19.5. The van der Waals surface area contributed by atoms with Crippen molar-refractivity contribution >= 4 is 11.6 Å². The normalized spacial score (nSPS) is 19.8. The highest BCUT2D eigenvalue weighted by Gasteiger charge is 2.25. The highest BCUT2D eigenvalue weighted by molar-refractivity contribution is 5.94. The maximum absolute atomic E-state index is 14.9. The van der Waals surface area contributed by atoms with Gasteiger partial charge in [-0.1, -0.05) is 6.07 Å². The fourth-order valence-electron chi connectivity index (χ4n) is 4.80. The van der Waals surface area contributed by atoms with Gasteiger partial charge in [0, 0.05) is 63.6 Å². The van der Waals surface area contributed by atoms with Crippen LogP contribution in [-0.2, 0) is 6.54 Å². The lowest BCUT2D eigenvalue weighted by Gasteiger charge is -2.32. The molecule has 0 unspecified atom stereocenters. The highest BCUT2D eigenvalue weighted by atomic mass is 19.1. The van der Waals surface area contributed by atoms with Crippen LogP contribution in [-0.4, -0.2) is 65.9 Å². The van der Waals surface area contributed by atoms with E-state index in [4.69, 9.17) is 0 Å². The number of hydrogen-bond acceptors (Lipinski definition) is 5. The average Bonchev–Trinajstić information content (AvgIpc) is 2.80. The number of nitrogens with zero attached hydrogens (tertiary/aromatic N) is 5. The largest absolute Gasteiger partial charge is 0.371 e. The lowest BCUT2D eigenvalue weighted by atomic mass is 9.96. The van der Waals surface area contributed by atoms with Crippen LogP contribution in [0.3, 0.4) is 0 Å². The molecule has 0 radical (unpaired) electrons. The Hall–Kier alpha value is -2.54. The molecule has 0 aliphatic carbocycles. The van der Waals surface area contributed by atoms with E-state index in [1.54, 1.807) is 31.3 Å². The second-order valence-electron chi connectivity index (χ2n) is 9.32. The van der Waals surface area contributed by atoms with Crippen molar-refractivity contribution in [1.82, 2.24) is 19.8 Å². The predicted octanol–water partition coefficient (Wildman–Crippen LogP) is 4.00. The van der Waals surface area contributed by atoms with Gasteiger partial charge in [-0.3, -0.25) is 9.69 Å². The van der Waals surface area contributed by atoms with Crippen molar-refractivity contribution < 1.29 is 9.18 Å². The van der Waals surface area contributed by atoms with Crippen LogP contribution in [0.25, 0.3) is 0 Å². The highest BCUT2D eigenvalue weighted by Crippen LogP contribution is 2.28. The predicted molar refractivity (Wildman–Crippen MR) is 125 cm³/mol. The maximum Gasteiger partial charge on any atom is 0.256 e. The molecular formula is C25H34FN5O. The van der Waals surface area contributed by atoms with Crippen molar-refractivity contribution in [2.24, 2.45) is 0 Å². The first-order valence-electron chi connectivity index (χ1n) is 11.7. The third-order valence-electron chi connectivity index (χ3n) is 6.66. The van der Waals surface area contributed by atoms with Crippen molar-refractivity contribution in [3.8, 4) is 0 Å². The average molecular weight is 440 g/mol. The minimum Gasteiger partial charge on any atom is -0.371 e. The Morgan fingerprint density at radius 2 is 1.94 bits per heavy atom. The van der Waals surface area contributed by atoms with Crippen LogP contribution in [0.5, 0.6) is 0 Å². The van der Waals surface area contributed by atoms with Crippen LogP contribution in [0, 0.1) is 12.7 Å². The van der Waals surface area contributed by atoms with Crippen LogP contribution >= 0.6 is 0 Å². The summed E-state index contributed by atoms with van der Waals surface area (Å²) in [6.07, 6.45) is 7.32. The smallest absolute Gasteiger partial charge is 0.256 e. The second kappa shape index (κ2) is 9.94. The number of halogens is 1. The van der Waals surface area contributed by atoms with E-state index < -0.39 is 0 Å². The number of anilines is 1. The molecule has 2 fully saturated rings. The number of benzene rings is 1. The molecule has 0 spiro atoms. The SMILES string of the molecule is Cc1nc([C@@H]2CCCN(Cc3ccc(N4CCCCC4)cc3F)C2)ncc1C(=O)N(C)C. The van der Waals surface area contributed by atoms with Gasteiger partial charge in [0.15, 0.2) is 0 Å². The van der Waals surface area contributed by atoms with Crippen molar-refractivity contribution in [3.63, 3.8) is 0 Å². The van der Waals surface area contributed by atoms with Gasteiger partial charge < -0.3 is 9.80 Å². The van der Waals surface area contributed by atoms with E-state index in [1.807, 2.05) is 13.0 Å². The topological polar surface area (TPSA) is 52.6 Å². The molecule has 2 aromatic rings. The second-order valence-corrected chi connectivity index (χ2v) is 9.32. The van der Waals surface area contributed by atoms with Gasteiger partial charge in [-0.15, -0.1) is 0 Å². The summed E-state index contributed by atoms with van der Waals surface area (Å²) in [5, 5.41) is 0. The Morgan fingerprint density at radius 3 is 2.62 bits per heavy atom. The Bertz CT molecular complexity index is 957. The van der Waals surface area contributed by atoms with E-state index in [2.05, 4.69) is 25.8 Å². The first-order chi connectivity index (χ1) is 15.4. The standard InChI is InChI=1S/C25H34FN5O/c1-18-22(25(32)29(2)3)15-27-24(28-18)20-8-7-11-30(17-20)16-19-9-10-21(14-23(19)26)31-12-5-4-6-13-31/h9-10,14-15,20H,4-8,11-13,16-17H2,1-3H3/t20-/m1/s1. The maximum atomic E-state index is 14.9. The fraction of sp³-hybridized carbons (Fsp3) is 0.560. The Kier molecular flexibility index (Phi) is 7.04. The molecule has 0 bridgehead atoms. The molecule has 1 aromatic heterocycles. The lowest BCUT2D eigenvalue weighted by Crippen LogP contribution is -2.35. The molecule has 32 heavy (non-hydrogen) atoms. The van der Waals surface area contributed by atoms with Crippen molar-refractivity contribution in [2.75, 3.05) is 45.2 Å². The summed E-state index contributed by atoms with van der Waals surface area (Å²) < 4.78 is 14.9. The minimum atomic E-state index is -0.117. The molecule has 4 rings (SSSR count). The van der Waals surface area contributed by atoms with Gasteiger partial charge >= 0.3 is 0 Å². The molecule has 1 atom stereocenters. The molecule has 0 saturated carbocycles. The first-order valence-corrected chi connectivity index (χ1v) is 11.7. The summed E-state index contributed by atoms with van der Waals surface area (Å²) in [5.41, 5.74) is 3.00. The van der Waals surface area contributed by atoms with Gasteiger partial charge in [-0.2, -0.15) is 0 Å². The van der Waals surface area contributed by atoms with Crippen LogP contribution in [0.15, 0.2) is 24.4 Å². The molecule has 7 heteroatoms. The lowest BCUT2D eigenvalue weighted by molar-refractivity contribution is 0.0825. The van der Waals surface area contributed by atoms with E-state index in [0.29, 0.717) is 17.8 Å². The van der Waals surface area contributed by atoms with E-state index in [9.17, 15) is 9.18 Å². The number of rotatable bonds is 5. The number of piperidine rings is 2. The summed E-state index contributed by atoms with van der Waals surface area (Å²) in [5.74, 6) is 0.779. The number of carbonyl (C=O) groups excluding carboxylic acids is 1. The van der Waals surface area contributed by atoms with Gasteiger partial charge in [-0.25, -0.2) is 14.4 Å². The van der Waals surface area contributed by atoms with Crippen molar-refractivity contribution in [1.29, 1.82) is 0 Å². The van der Waals surface area contributed by atoms with Crippen LogP contribution in [0.4, 0.5) is 10.1 Å². The molecule has 1 amide bonds. The molecule has 172 valence electrons. The zero-order valence-electron chi connectivity index (χ0n) is 19.5. The molecule has 2 aliphatic heterocycles. The van der Waals surface area contributed by atoms with E-state index in [-0.39, 0.29) is 17.6 Å². The summed E-state index contributed by atoms with van der Waals surface area (Å²) in [6, 6.07) is 5.72. The minimum absolute atomic E-state index is 0.0807. The number of hydrogen-bond donors (Lipinski definition) is 0. The third kappa shape index (κ3) is 5.09. The fourth-order valence-corrected chi connectivity index (χ4v) is 4.80. The van der Waals surface area contributed by atoms with Crippen molar-refractivity contribution in [2.45, 2.75) is 51.5 Å². The molecule has 2 aliphatic rings. The molecule has 2 saturated heterocycles. The quantitative estimate of drug-likeness (QED) is 0.705. The Labute approximate surface area is 190 Å². The Morgan fingerprint density at radius 1 is 1.16 bits per heavy atom. The first kappa shape index (κ1) is 22.6. The number of amides is 1.